The van der Waals surface area contributed by atoms with Crippen molar-refractivity contribution in [1.82, 2.24) is 4.90 Å². The van der Waals surface area contributed by atoms with Crippen molar-refractivity contribution in [2.75, 3.05) is 6.54 Å². The van der Waals surface area contributed by atoms with Crippen LogP contribution in [0.5, 0.6) is 0 Å². The van der Waals surface area contributed by atoms with E-state index in [2.05, 4.69) is 0 Å². The SMILES string of the molecule is CC1CCC(C(N)=O)CN1C(=O)/C=C/C(=O)O. The van der Waals surface area contributed by atoms with E-state index in [1.807, 2.05) is 6.92 Å². The van der Waals surface area contributed by atoms with Gasteiger partial charge in [0, 0.05) is 24.7 Å². The summed E-state index contributed by atoms with van der Waals surface area (Å²) in [6, 6.07) is -0.00320. The Morgan fingerprint density at radius 2 is 1.94 bits per heavy atom. The van der Waals surface area contributed by atoms with Crippen molar-refractivity contribution in [3.63, 3.8) is 0 Å². The highest BCUT2D eigenvalue weighted by molar-refractivity contribution is 5.94. The van der Waals surface area contributed by atoms with E-state index in [1.54, 1.807) is 0 Å². The molecule has 0 aromatic heterocycles. The summed E-state index contributed by atoms with van der Waals surface area (Å²) in [4.78, 5) is 34.6. The summed E-state index contributed by atoms with van der Waals surface area (Å²) in [5.41, 5.74) is 5.21. The standard InChI is InChI=1S/C11H16N2O4/c1-7-2-3-8(11(12)17)6-13(7)9(14)4-5-10(15)16/h4-5,7-8H,2-3,6H2,1H3,(H2,12,17)(H,15,16)/b5-4+. The topological polar surface area (TPSA) is 101 Å². The second-order valence-corrected chi connectivity index (χ2v) is 4.19. The van der Waals surface area contributed by atoms with Crippen LogP contribution < -0.4 is 5.73 Å². The van der Waals surface area contributed by atoms with Crippen molar-refractivity contribution >= 4 is 17.8 Å². The zero-order valence-corrected chi connectivity index (χ0v) is 9.63. The molecule has 6 heteroatoms. The number of carbonyl (C=O) groups is 3. The van der Waals surface area contributed by atoms with Crippen LogP contribution in [0.15, 0.2) is 12.2 Å². The minimum absolute atomic E-state index is 0.00320. The van der Waals surface area contributed by atoms with E-state index >= 15 is 0 Å². The number of carboxylic acid groups (broad SMARTS) is 1. The summed E-state index contributed by atoms with van der Waals surface area (Å²) in [6.07, 6.45) is 3.16. The molecular weight excluding hydrogens is 224 g/mol. The molecule has 94 valence electrons. The van der Waals surface area contributed by atoms with Crippen LogP contribution in [0.2, 0.25) is 0 Å². The number of nitrogens with zero attached hydrogens (tertiary/aromatic N) is 1. The Hall–Kier alpha value is -1.85. The minimum Gasteiger partial charge on any atom is -0.478 e. The van der Waals surface area contributed by atoms with Gasteiger partial charge >= 0.3 is 5.97 Å². The molecule has 0 saturated carbocycles. The molecule has 17 heavy (non-hydrogen) atoms. The molecule has 1 heterocycles. The fourth-order valence-corrected chi connectivity index (χ4v) is 1.88. The van der Waals surface area contributed by atoms with Gasteiger partial charge in [0.1, 0.15) is 0 Å². The third-order valence-electron chi connectivity index (χ3n) is 2.94. The van der Waals surface area contributed by atoms with Gasteiger partial charge in [-0.15, -0.1) is 0 Å². The second kappa shape index (κ2) is 5.47. The largest absolute Gasteiger partial charge is 0.478 e. The highest BCUT2D eigenvalue weighted by atomic mass is 16.4. The number of aliphatic carboxylic acids is 1. The normalized spacial score (nSPS) is 24.9. The Kier molecular flexibility index (Phi) is 4.25. The van der Waals surface area contributed by atoms with Crippen LogP contribution in [-0.4, -0.2) is 40.4 Å². The van der Waals surface area contributed by atoms with Crippen molar-refractivity contribution in [1.29, 1.82) is 0 Å². The highest BCUT2D eigenvalue weighted by Gasteiger charge is 2.30. The molecular formula is C11H16N2O4. The summed E-state index contributed by atoms with van der Waals surface area (Å²) in [5, 5.41) is 8.44. The number of rotatable bonds is 3. The first-order chi connectivity index (χ1) is 7.91. The van der Waals surface area contributed by atoms with Crippen molar-refractivity contribution in [3.05, 3.63) is 12.2 Å². The molecule has 6 nitrogen and oxygen atoms in total. The minimum atomic E-state index is -1.17. The van der Waals surface area contributed by atoms with Gasteiger partial charge in [0.15, 0.2) is 0 Å². The van der Waals surface area contributed by atoms with Gasteiger partial charge in [-0.25, -0.2) is 4.79 Å². The molecule has 2 unspecified atom stereocenters. The number of carbonyl (C=O) groups excluding carboxylic acids is 2. The molecule has 2 atom stereocenters. The Balaban J connectivity index is 2.70. The van der Waals surface area contributed by atoms with E-state index in [4.69, 9.17) is 10.8 Å². The molecule has 0 radical (unpaired) electrons. The van der Waals surface area contributed by atoms with Gasteiger partial charge in [0.05, 0.1) is 5.92 Å². The van der Waals surface area contributed by atoms with Crippen molar-refractivity contribution in [2.45, 2.75) is 25.8 Å². The maximum atomic E-state index is 11.7. The quantitative estimate of drug-likeness (QED) is 0.663. The molecule has 0 spiro atoms. The first-order valence-electron chi connectivity index (χ1n) is 5.42. The van der Waals surface area contributed by atoms with Gasteiger partial charge in [0.2, 0.25) is 11.8 Å². The third-order valence-corrected chi connectivity index (χ3v) is 2.94. The summed E-state index contributed by atoms with van der Waals surface area (Å²) in [7, 11) is 0. The van der Waals surface area contributed by atoms with Crippen LogP contribution in [0, 0.1) is 5.92 Å². The Bertz CT molecular complexity index is 364. The van der Waals surface area contributed by atoms with Gasteiger partial charge < -0.3 is 15.7 Å². The molecule has 1 rings (SSSR count). The van der Waals surface area contributed by atoms with Crippen LogP contribution >= 0.6 is 0 Å². The van der Waals surface area contributed by atoms with Gasteiger partial charge in [-0.1, -0.05) is 0 Å². The van der Waals surface area contributed by atoms with E-state index in [0.717, 1.165) is 12.2 Å². The highest BCUT2D eigenvalue weighted by Crippen LogP contribution is 2.21. The number of primary amides is 1. The molecule has 1 fully saturated rings. The summed E-state index contributed by atoms with van der Waals surface area (Å²) in [5.74, 6) is -2.33. The predicted octanol–water partition coefficient (Wildman–Crippen LogP) is -0.260. The zero-order valence-electron chi connectivity index (χ0n) is 9.63. The summed E-state index contributed by atoms with van der Waals surface area (Å²) >= 11 is 0. The first-order valence-corrected chi connectivity index (χ1v) is 5.42. The van der Waals surface area contributed by atoms with E-state index in [-0.39, 0.29) is 18.5 Å². The maximum Gasteiger partial charge on any atom is 0.328 e. The van der Waals surface area contributed by atoms with Crippen molar-refractivity contribution < 1.29 is 19.5 Å². The average molecular weight is 240 g/mol. The summed E-state index contributed by atoms with van der Waals surface area (Å²) < 4.78 is 0. The fourth-order valence-electron chi connectivity index (χ4n) is 1.88. The molecule has 0 aromatic rings. The maximum absolute atomic E-state index is 11.7. The van der Waals surface area contributed by atoms with Crippen LogP contribution in [0.4, 0.5) is 0 Å². The number of likely N-dealkylation sites (tertiary alicyclic amines) is 1. The average Bonchev–Trinajstić information content (AvgIpc) is 2.26. The van der Waals surface area contributed by atoms with Gasteiger partial charge in [-0.05, 0) is 19.8 Å². The third kappa shape index (κ3) is 3.58. The lowest BCUT2D eigenvalue weighted by molar-refractivity contribution is -0.135. The van der Waals surface area contributed by atoms with Crippen LogP contribution in [0.3, 0.4) is 0 Å². The van der Waals surface area contributed by atoms with Gasteiger partial charge in [-0.2, -0.15) is 0 Å². The number of nitrogens with two attached hydrogens (primary N) is 1. The molecule has 0 aliphatic carbocycles. The Labute approximate surface area is 99.1 Å². The summed E-state index contributed by atoms with van der Waals surface area (Å²) in [6.45, 7) is 2.13. The van der Waals surface area contributed by atoms with Crippen molar-refractivity contribution in [2.24, 2.45) is 11.7 Å². The number of piperidine rings is 1. The van der Waals surface area contributed by atoms with Crippen LogP contribution in [0.25, 0.3) is 0 Å². The monoisotopic (exact) mass is 240 g/mol. The first kappa shape index (κ1) is 13.2. The fraction of sp³-hybridized carbons (Fsp3) is 0.545. The van der Waals surface area contributed by atoms with Gasteiger partial charge in [0.25, 0.3) is 0 Å². The van der Waals surface area contributed by atoms with E-state index in [0.29, 0.717) is 12.8 Å². The molecule has 0 bridgehead atoms. The second-order valence-electron chi connectivity index (χ2n) is 4.19. The smallest absolute Gasteiger partial charge is 0.328 e. The lowest BCUT2D eigenvalue weighted by atomic mass is 9.93. The lowest BCUT2D eigenvalue weighted by Crippen LogP contribution is -2.48. The Morgan fingerprint density at radius 1 is 1.29 bits per heavy atom. The van der Waals surface area contributed by atoms with E-state index in [9.17, 15) is 14.4 Å². The van der Waals surface area contributed by atoms with E-state index in [1.165, 1.54) is 4.90 Å². The number of amides is 2. The molecule has 1 aliphatic heterocycles. The van der Waals surface area contributed by atoms with Crippen LogP contribution in [0.1, 0.15) is 19.8 Å². The molecule has 1 saturated heterocycles. The molecule has 3 N–H and O–H groups in total. The predicted molar refractivity (Wildman–Crippen MR) is 59.9 cm³/mol. The van der Waals surface area contributed by atoms with Crippen LogP contribution in [-0.2, 0) is 14.4 Å². The number of hydrogen-bond acceptors (Lipinski definition) is 3. The van der Waals surface area contributed by atoms with E-state index < -0.39 is 17.8 Å². The van der Waals surface area contributed by atoms with Gasteiger partial charge in [-0.3, -0.25) is 9.59 Å². The Morgan fingerprint density at radius 3 is 2.47 bits per heavy atom. The number of hydrogen-bond donors (Lipinski definition) is 2. The zero-order chi connectivity index (χ0) is 13.0. The molecule has 2 amide bonds. The van der Waals surface area contributed by atoms with Crippen molar-refractivity contribution in [3.8, 4) is 0 Å². The molecule has 1 aliphatic rings. The molecule has 0 aromatic carbocycles. The lowest BCUT2D eigenvalue weighted by Gasteiger charge is -2.36. The number of carboxylic acids is 1.